The molecule has 0 atom stereocenters. The largest absolute Gasteiger partial charge is 0.353 e. The summed E-state index contributed by atoms with van der Waals surface area (Å²) in [6.45, 7) is 1.97. The maximum atomic E-state index is 13.6. The summed E-state index contributed by atoms with van der Waals surface area (Å²) in [5.41, 5.74) is 2.62. The number of nitrogens with zero attached hydrogens (tertiary/aromatic N) is 1. The van der Waals surface area contributed by atoms with Crippen LogP contribution in [0, 0.1) is 24.1 Å². The minimum atomic E-state index is -0.425. The quantitative estimate of drug-likeness (QED) is 0.846. The van der Waals surface area contributed by atoms with E-state index in [1.54, 1.807) is 12.1 Å². The van der Waals surface area contributed by atoms with E-state index in [-0.39, 0.29) is 0 Å². The second-order valence-electron chi connectivity index (χ2n) is 3.80. The Balaban J connectivity index is 2.28. The zero-order valence-electron chi connectivity index (χ0n) is 9.37. The third-order valence-electron chi connectivity index (χ3n) is 2.40. The van der Waals surface area contributed by atoms with E-state index in [1.165, 1.54) is 6.07 Å². The number of hydrogen-bond acceptors (Lipinski definition) is 2. The topological polar surface area (TPSA) is 35.8 Å². The molecule has 0 saturated carbocycles. The number of benzene rings is 2. The maximum Gasteiger partial charge on any atom is 0.147 e. The summed E-state index contributed by atoms with van der Waals surface area (Å²) in [5.74, 6) is -0.425. The van der Waals surface area contributed by atoms with Crippen LogP contribution < -0.4 is 5.32 Å². The molecule has 0 spiro atoms. The molecule has 84 valence electrons. The SMILES string of the molecule is Cc1cccc(Nc2ccc(C#N)cc2F)c1. The van der Waals surface area contributed by atoms with Gasteiger partial charge >= 0.3 is 0 Å². The Morgan fingerprint density at radius 1 is 1.18 bits per heavy atom. The Kier molecular flexibility index (Phi) is 3.06. The molecule has 0 aliphatic heterocycles. The average molecular weight is 226 g/mol. The van der Waals surface area contributed by atoms with E-state index in [4.69, 9.17) is 5.26 Å². The van der Waals surface area contributed by atoms with Gasteiger partial charge in [-0.2, -0.15) is 5.26 Å². The number of anilines is 2. The molecule has 0 aliphatic rings. The van der Waals surface area contributed by atoms with E-state index in [1.807, 2.05) is 37.3 Å². The molecule has 1 N–H and O–H groups in total. The molecule has 0 aliphatic carbocycles. The van der Waals surface area contributed by atoms with Gasteiger partial charge in [0.25, 0.3) is 0 Å². The monoisotopic (exact) mass is 226 g/mol. The van der Waals surface area contributed by atoms with E-state index in [0.717, 1.165) is 11.3 Å². The third kappa shape index (κ3) is 2.61. The fraction of sp³-hybridized carbons (Fsp3) is 0.0714. The average Bonchev–Trinajstić information content (AvgIpc) is 2.32. The smallest absolute Gasteiger partial charge is 0.147 e. The van der Waals surface area contributed by atoms with E-state index in [9.17, 15) is 4.39 Å². The minimum Gasteiger partial charge on any atom is -0.353 e. The van der Waals surface area contributed by atoms with Gasteiger partial charge in [-0.3, -0.25) is 0 Å². The van der Waals surface area contributed by atoms with Crippen molar-refractivity contribution in [3.8, 4) is 6.07 Å². The van der Waals surface area contributed by atoms with E-state index < -0.39 is 5.82 Å². The molecule has 2 nitrogen and oxygen atoms in total. The van der Waals surface area contributed by atoms with Crippen molar-refractivity contribution in [2.24, 2.45) is 0 Å². The van der Waals surface area contributed by atoms with Crippen molar-refractivity contribution < 1.29 is 4.39 Å². The molecule has 0 fully saturated rings. The van der Waals surface area contributed by atoms with E-state index in [2.05, 4.69) is 5.32 Å². The fourth-order valence-corrected chi connectivity index (χ4v) is 1.56. The van der Waals surface area contributed by atoms with Gasteiger partial charge < -0.3 is 5.32 Å². The van der Waals surface area contributed by atoms with Crippen LogP contribution in [-0.4, -0.2) is 0 Å². The highest BCUT2D eigenvalue weighted by Gasteiger charge is 2.03. The molecule has 0 bridgehead atoms. The van der Waals surface area contributed by atoms with E-state index in [0.29, 0.717) is 11.3 Å². The number of rotatable bonds is 2. The Morgan fingerprint density at radius 3 is 2.65 bits per heavy atom. The van der Waals surface area contributed by atoms with Gasteiger partial charge in [0.2, 0.25) is 0 Å². The van der Waals surface area contributed by atoms with Crippen LogP contribution in [0.1, 0.15) is 11.1 Å². The summed E-state index contributed by atoms with van der Waals surface area (Å²) >= 11 is 0. The summed E-state index contributed by atoms with van der Waals surface area (Å²) in [4.78, 5) is 0. The lowest BCUT2D eigenvalue weighted by molar-refractivity contribution is 0.631. The molecule has 0 amide bonds. The van der Waals surface area contributed by atoms with Gasteiger partial charge in [0.15, 0.2) is 0 Å². The molecule has 0 unspecified atom stereocenters. The fourth-order valence-electron chi connectivity index (χ4n) is 1.56. The van der Waals surface area contributed by atoms with Crippen molar-refractivity contribution in [1.82, 2.24) is 0 Å². The first kappa shape index (κ1) is 11.2. The van der Waals surface area contributed by atoms with Crippen LogP contribution in [0.4, 0.5) is 15.8 Å². The Morgan fingerprint density at radius 2 is 2.00 bits per heavy atom. The molecule has 3 heteroatoms. The lowest BCUT2D eigenvalue weighted by atomic mass is 10.2. The molecule has 2 aromatic carbocycles. The molecule has 0 aromatic heterocycles. The molecule has 2 rings (SSSR count). The number of halogens is 1. The predicted molar refractivity (Wildman–Crippen MR) is 65.6 cm³/mol. The van der Waals surface area contributed by atoms with Crippen molar-refractivity contribution in [3.05, 3.63) is 59.4 Å². The summed E-state index contributed by atoms with van der Waals surface area (Å²) in [7, 11) is 0. The molecule has 17 heavy (non-hydrogen) atoms. The molecular weight excluding hydrogens is 215 g/mol. The lowest BCUT2D eigenvalue weighted by Gasteiger charge is -2.08. The zero-order chi connectivity index (χ0) is 12.3. The van der Waals surface area contributed by atoms with Gasteiger partial charge in [-0.05, 0) is 42.8 Å². The molecule has 0 radical (unpaired) electrons. The van der Waals surface area contributed by atoms with Crippen LogP contribution in [0.15, 0.2) is 42.5 Å². The third-order valence-corrected chi connectivity index (χ3v) is 2.40. The standard InChI is InChI=1S/C14H11FN2/c1-10-3-2-4-12(7-10)17-14-6-5-11(9-16)8-13(14)15/h2-8,17H,1H3. The summed E-state index contributed by atoms with van der Waals surface area (Å²) < 4.78 is 13.6. The van der Waals surface area contributed by atoms with Crippen LogP contribution in [0.25, 0.3) is 0 Å². The first-order valence-corrected chi connectivity index (χ1v) is 5.22. The number of hydrogen-bond donors (Lipinski definition) is 1. The van der Waals surface area contributed by atoms with Gasteiger partial charge in [-0.25, -0.2) is 4.39 Å². The highest BCUT2D eigenvalue weighted by Crippen LogP contribution is 2.21. The number of nitrogens with one attached hydrogen (secondary N) is 1. The zero-order valence-corrected chi connectivity index (χ0v) is 9.37. The van der Waals surface area contributed by atoms with Crippen molar-refractivity contribution in [3.63, 3.8) is 0 Å². The van der Waals surface area contributed by atoms with Crippen molar-refractivity contribution in [2.45, 2.75) is 6.92 Å². The Labute approximate surface area is 99.3 Å². The van der Waals surface area contributed by atoms with Crippen molar-refractivity contribution in [2.75, 3.05) is 5.32 Å². The summed E-state index contributed by atoms with van der Waals surface area (Å²) in [6.07, 6.45) is 0. The summed E-state index contributed by atoms with van der Waals surface area (Å²) in [6, 6.07) is 13.9. The maximum absolute atomic E-state index is 13.6. The minimum absolute atomic E-state index is 0.317. The molecule has 2 aromatic rings. The Bertz CT molecular complexity index is 585. The second-order valence-corrected chi connectivity index (χ2v) is 3.80. The van der Waals surface area contributed by atoms with Gasteiger partial charge in [0.05, 0.1) is 17.3 Å². The normalized spacial score (nSPS) is 9.71. The predicted octanol–water partition coefficient (Wildman–Crippen LogP) is 3.75. The number of aryl methyl sites for hydroxylation is 1. The van der Waals surface area contributed by atoms with Gasteiger partial charge in [-0.15, -0.1) is 0 Å². The molecule has 0 heterocycles. The highest BCUT2D eigenvalue weighted by molar-refractivity contribution is 5.61. The molecular formula is C14H11FN2. The van der Waals surface area contributed by atoms with Crippen LogP contribution in [-0.2, 0) is 0 Å². The lowest BCUT2D eigenvalue weighted by Crippen LogP contribution is -1.94. The summed E-state index contributed by atoms with van der Waals surface area (Å²) in [5, 5.41) is 11.6. The first-order chi connectivity index (χ1) is 8.19. The second kappa shape index (κ2) is 4.67. The van der Waals surface area contributed by atoms with Crippen LogP contribution in [0.5, 0.6) is 0 Å². The highest BCUT2D eigenvalue weighted by atomic mass is 19.1. The van der Waals surface area contributed by atoms with Crippen LogP contribution >= 0.6 is 0 Å². The first-order valence-electron chi connectivity index (χ1n) is 5.22. The van der Waals surface area contributed by atoms with Crippen LogP contribution in [0.3, 0.4) is 0 Å². The number of nitriles is 1. The van der Waals surface area contributed by atoms with Gasteiger partial charge in [0.1, 0.15) is 5.82 Å². The van der Waals surface area contributed by atoms with E-state index >= 15 is 0 Å². The van der Waals surface area contributed by atoms with Crippen LogP contribution in [0.2, 0.25) is 0 Å². The molecule has 0 saturated heterocycles. The Hall–Kier alpha value is -2.34. The van der Waals surface area contributed by atoms with Crippen molar-refractivity contribution in [1.29, 1.82) is 5.26 Å². The van der Waals surface area contributed by atoms with Gasteiger partial charge in [0, 0.05) is 5.69 Å². The van der Waals surface area contributed by atoms with Crippen molar-refractivity contribution >= 4 is 11.4 Å². The van der Waals surface area contributed by atoms with Gasteiger partial charge in [-0.1, -0.05) is 12.1 Å².